The predicted octanol–water partition coefficient (Wildman–Crippen LogP) is 2.32. The van der Waals surface area contributed by atoms with Gasteiger partial charge in [-0.25, -0.2) is 0 Å². The molecule has 0 aliphatic heterocycles. The second-order valence-corrected chi connectivity index (χ2v) is 2.34. The van der Waals surface area contributed by atoms with Gasteiger partial charge in [-0.2, -0.15) is 0 Å². The Hall–Kier alpha value is -2.17. The second kappa shape index (κ2) is 6.31. The lowest BCUT2D eigenvalue weighted by Gasteiger charge is -1.98. The fourth-order valence-corrected chi connectivity index (χ4v) is 0.802. The lowest BCUT2D eigenvalue weighted by atomic mass is 10.3. The third-order valence-corrected chi connectivity index (χ3v) is 1.31. The highest BCUT2D eigenvalue weighted by Gasteiger charge is 2.04. The van der Waals surface area contributed by atoms with Crippen molar-refractivity contribution in [1.29, 1.82) is 0 Å². The Bertz CT molecular complexity index is 345. The van der Waals surface area contributed by atoms with Crippen molar-refractivity contribution in [2.45, 2.75) is 6.92 Å². The molecule has 0 fully saturated rings. The van der Waals surface area contributed by atoms with Crippen LogP contribution in [0.3, 0.4) is 0 Å². The van der Waals surface area contributed by atoms with Gasteiger partial charge in [0.2, 0.25) is 0 Å². The molecule has 0 atom stereocenters. The summed E-state index contributed by atoms with van der Waals surface area (Å²) in [5.41, 5.74) is -0.0316. The standard InChI is InChI=1S/C8H7NO4.C2H4/c1-6(10)13-8-4-2-7(3-5-8)9(11)12;1-2/h2-5H,1H3;1-2H2. The lowest BCUT2D eigenvalue weighted by Crippen LogP contribution is -2.01. The van der Waals surface area contributed by atoms with Crippen molar-refractivity contribution in [3.05, 3.63) is 47.5 Å². The molecule has 0 bridgehead atoms. The monoisotopic (exact) mass is 209 g/mol. The number of nitro groups is 1. The molecule has 0 aliphatic carbocycles. The van der Waals surface area contributed by atoms with Crippen molar-refractivity contribution in [3.63, 3.8) is 0 Å². The highest BCUT2D eigenvalue weighted by molar-refractivity contribution is 5.69. The Morgan fingerprint density at radius 2 is 1.80 bits per heavy atom. The van der Waals surface area contributed by atoms with Crippen LogP contribution in [-0.4, -0.2) is 10.9 Å². The molecule has 0 aliphatic rings. The number of nitro benzene ring substituents is 1. The molecule has 5 nitrogen and oxygen atoms in total. The maximum absolute atomic E-state index is 10.5. The van der Waals surface area contributed by atoms with Crippen LogP contribution in [0.5, 0.6) is 5.75 Å². The summed E-state index contributed by atoms with van der Waals surface area (Å²) < 4.78 is 4.69. The molecule has 0 saturated heterocycles. The van der Waals surface area contributed by atoms with Crippen molar-refractivity contribution in [2.75, 3.05) is 0 Å². The zero-order valence-electron chi connectivity index (χ0n) is 8.30. The number of esters is 1. The molecule has 1 rings (SSSR count). The summed E-state index contributed by atoms with van der Waals surface area (Å²) in [5.74, 6) is -0.146. The zero-order valence-corrected chi connectivity index (χ0v) is 8.30. The van der Waals surface area contributed by atoms with Crippen LogP contribution in [0.2, 0.25) is 0 Å². The van der Waals surface area contributed by atoms with E-state index in [0.717, 1.165) is 0 Å². The first-order chi connectivity index (χ1) is 7.09. The van der Waals surface area contributed by atoms with Gasteiger partial charge in [0.05, 0.1) is 4.92 Å². The van der Waals surface area contributed by atoms with Gasteiger partial charge in [0.15, 0.2) is 0 Å². The van der Waals surface area contributed by atoms with Gasteiger partial charge in [-0.3, -0.25) is 14.9 Å². The van der Waals surface area contributed by atoms with Gasteiger partial charge in [-0.05, 0) is 12.1 Å². The first-order valence-corrected chi connectivity index (χ1v) is 4.02. The second-order valence-electron chi connectivity index (χ2n) is 2.34. The van der Waals surface area contributed by atoms with E-state index in [2.05, 4.69) is 17.9 Å². The van der Waals surface area contributed by atoms with Crippen molar-refractivity contribution in [3.8, 4) is 5.75 Å². The van der Waals surface area contributed by atoms with E-state index < -0.39 is 10.9 Å². The van der Waals surface area contributed by atoms with Crippen molar-refractivity contribution in [2.24, 2.45) is 0 Å². The molecular weight excluding hydrogens is 198 g/mol. The van der Waals surface area contributed by atoms with Crippen LogP contribution in [0.15, 0.2) is 37.4 Å². The summed E-state index contributed by atoms with van der Waals surface area (Å²) in [7, 11) is 0. The topological polar surface area (TPSA) is 69.4 Å². The minimum absolute atomic E-state index is 0.0316. The SMILES string of the molecule is C=C.CC(=O)Oc1ccc([N+](=O)[O-])cc1. The van der Waals surface area contributed by atoms with E-state index in [4.69, 9.17) is 0 Å². The quantitative estimate of drug-likeness (QED) is 0.246. The summed E-state index contributed by atoms with van der Waals surface area (Å²) in [4.78, 5) is 20.2. The third kappa shape index (κ3) is 4.56. The first kappa shape index (κ1) is 12.8. The van der Waals surface area contributed by atoms with Crippen molar-refractivity contribution in [1.82, 2.24) is 0 Å². The summed E-state index contributed by atoms with van der Waals surface area (Å²) in [6, 6.07) is 5.30. The number of carbonyl (C=O) groups is 1. The minimum atomic E-state index is -0.516. The van der Waals surface area contributed by atoms with Gasteiger partial charge in [-0.15, -0.1) is 13.2 Å². The van der Waals surface area contributed by atoms with E-state index in [0.29, 0.717) is 5.75 Å². The number of ether oxygens (including phenoxy) is 1. The Balaban J connectivity index is 0.000000921. The molecule has 80 valence electrons. The van der Waals surface area contributed by atoms with Crippen molar-refractivity contribution < 1.29 is 14.5 Å². The van der Waals surface area contributed by atoms with Crippen LogP contribution < -0.4 is 4.74 Å². The van der Waals surface area contributed by atoms with E-state index in [-0.39, 0.29) is 5.69 Å². The smallest absolute Gasteiger partial charge is 0.308 e. The number of non-ortho nitro benzene ring substituents is 1. The molecule has 0 spiro atoms. The Morgan fingerprint density at radius 3 is 2.13 bits per heavy atom. The number of carbonyl (C=O) groups excluding carboxylic acids is 1. The molecular formula is C10H11NO4. The van der Waals surface area contributed by atoms with E-state index >= 15 is 0 Å². The molecule has 1 aromatic carbocycles. The molecule has 15 heavy (non-hydrogen) atoms. The molecule has 0 N–H and O–H groups in total. The number of benzene rings is 1. The van der Waals surface area contributed by atoms with E-state index in [1.807, 2.05) is 0 Å². The minimum Gasteiger partial charge on any atom is -0.427 e. The maximum Gasteiger partial charge on any atom is 0.308 e. The number of nitrogens with zero attached hydrogens (tertiary/aromatic N) is 1. The first-order valence-electron chi connectivity index (χ1n) is 4.02. The fourth-order valence-electron chi connectivity index (χ4n) is 0.802. The van der Waals surface area contributed by atoms with Gasteiger partial charge in [0.25, 0.3) is 5.69 Å². The van der Waals surface area contributed by atoms with Crippen LogP contribution in [-0.2, 0) is 4.79 Å². The third-order valence-electron chi connectivity index (χ3n) is 1.31. The maximum atomic E-state index is 10.5. The molecule has 5 heteroatoms. The Kier molecular flexibility index (Phi) is 5.40. The molecule has 0 amide bonds. The molecule has 0 radical (unpaired) electrons. The van der Waals surface area contributed by atoms with Crippen molar-refractivity contribution >= 4 is 11.7 Å². The number of hydrogen-bond donors (Lipinski definition) is 0. The molecule has 0 unspecified atom stereocenters. The predicted molar refractivity (Wildman–Crippen MR) is 55.7 cm³/mol. The summed E-state index contributed by atoms with van der Waals surface area (Å²) in [5, 5.41) is 10.2. The van der Waals surface area contributed by atoms with Crippen LogP contribution in [0.25, 0.3) is 0 Å². The number of rotatable bonds is 2. The molecule has 0 aromatic heterocycles. The normalized spacial score (nSPS) is 8.33. The fraction of sp³-hybridized carbons (Fsp3) is 0.100. The largest absolute Gasteiger partial charge is 0.427 e. The Labute approximate surface area is 87.1 Å². The highest BCUT2D eigenvalue weighted by atomic mass is 16.6. The van der Waals surface area contributed by atoms with Gasteiger partial charge >= 0.3 is 5.97 Å². The van der Waals surface area contributed by atoms with Crippen LogP contribution in [0, 0.1) is 10.1 Å². The summed E-state index contributed by atoms with van der Waals surface area (Å²) >= 11 is 0. The van der Waals surface area contributed by atoms with Crippen LogP contribution in [0.1, 0.15) is 6.92 Å². The molecule has 0 heterocycles. The average Bonchev–Trinajstić information content (AvgIpc) is 2.20. The van der Waals surface area contributed by atoms with Crippen LogP contribution in [0.4, 0.5) is 5.69 Å². The van der Waals surface area contributed by atoms with Crippen LogP contribution >= 0.6 is 0 Å². The zero-order chi connectivity index (χ0) is 11.8. The van der Waals surface area contributed by atoms with Gasteiger partial charge in [0.1, 0.15) is 5.75 Å². The van der Waals surface area contributed by atoms with Gasteiger partial charge in [-0.1, -0.05) is 0 Å². The molecule has 1 aromatic rings. The van der Waals surface area contributed by atoms with Gasteiger partial charge in [0, 0.05) is 19.1 Å². The van der Waals surface area contributed by atoms with E-state index in [1.165, 1.54) is 31.2 Å². The lowest BCUT2D eigenvalue weighted by molar-refractivity contribution is -0.384. The highest BCUT2D eigenvalue weighted by Crippen LogP contribution is 2.17. The van der Waals surface area contributed by atoms with E-state index in [1.54, 1.807) is 0 Å². The summed E-state index contributed by atoms with van der Waals surface area (Å²) in [6.07, 6.45) is 0. The van der Waals surface area contributed by atoms with E-state index in [9.17, 15) is 14.9 Å². The van der Waals surface area contributed by atoms with Gasteiger partial charge < -0.3 is 4.74 Å². The number of hydrogen-bond acceptors (Lipinski definition) is 4. The molecule has 0 saturated carbocycles. The summed E-state index contributed by atoms with van der Waals surface area (Å²) in [6.45, 7) is 7.27. The average molecular weight is 209 g/mol. The Morgan fingerprint density at radius 1 is 1.33 bits per heavy atom.